The van der Waals surface area contributed by atoms with E-state index < -0.39 is 6.10 Å². The maximum absolute atomic E-state index is 10.9. The number of ether oxygens (including phenoxy) is 1. The summed E-state index contributed by atoms with van der Waals surface area (Å²) in [5.74, 6) is 1.65. The van der Waals surface area contributed by atoms with Crippen molar-refractivity contribution in [3.63, 3.8) is 0 Å². The molecular formula is C24H29N3O3. The molecule has 2 aromatic heterocycles. The van der Waals surface area contributed by atoms with Crippen molar-refractivity contribution in [2.45, 2.75) is 25.0 Å². The van der Waals surface area contributed by atoms with E-state index in [1.807, 2.05) is 42.5 Å². The van der Waals surface area contributed by atoms with Crippen LogP contribution < -0.4 is 10.1 Å². The number of pyridine rings is 1. The molecule has 0 aliphatic carbocycles. The average Bonchev–Trinajstić information content (AvgIpc) is 3.30. The molecule has 3 heterocycles. The number of piperidine rings is 1. The lowest BCUT2D eigenvalue weighted by Crippen LogP contribution is -2.43. The van der Waals surface area contributed by atoms with E-state index in [1.165, 1.54) is 0 Å². The van der Waals surface area contributed by atoms with Gasteiger partial charge in [0.1, 0.15) is 11.5 Å². The Balaban J connectivity index is 1.28. The fourth-order valence-corrected chi connectivity index (χ4v) is 4.02. The summed E-state index contributed by atoms with van der Waals surface area (Å²) in [5, 5.41) is 15.5. The lowest BCUT2D eigenvalue weighted by molar-refractivity contribution is 0.0955. The third-order valence-electron chi connectivity index (χ3n) is 5.71. The van der Waals surface area contributed by atoms with E-state index in [0.29, 0.717) is 12.6 Å². The smallest absolute Gasteiger partial charge is 0.126 e. The molecule has 6 heteroatoms. The minimum absolute atomic E-state index is 0.505. The van der Waals surface area contributed by atoms with E-state index in [1.54, 1.807) is 19.6 Å². The monoisotopic (exact) mass is 407 g/mol. The molecule has 0 radical (unpaired) electrons. The molecule has 0 bridgehead atoms. The molecule has 0 saturated carbocycles. The molecule has 3 aromatic rings. The summed E-state index contributed by atoms with van der Waals surface area (Å²) in [6, 6.07) is 12.0. The lowest BCUT2D eigenvalue weighted by Gasteiger charge is -2.33. The number of hydrogen-bond donors (Lipinski definition) is 2. The molecule has 1 aromatic carbocycles. The standard InChI is InChI=1S/C24H29N3O3/c1-29-20-6-7-23-22(16-20)21(8-12-26-23)24(28)17-27-13-9-18(10-14-27)25-11-2-4-19-5-3-15-30-19/h2-8,12,15-16,18,24-25,28H,9-11,13-14,17H2,1H3/t24-/m0/s1. The van der Waals surface area contributed by atoms with E-state index in [4.69, 9.17) is 9.15 Å². The minimum atomic E-state index is -0.552. The van der Waals surface area contributed by atoms with Crippen molar-refractivity contribution in [2.75, 3.05) is 33.3 Å². The predicted molar refractivity (Wildman–Crippen MR) is 118 cm³/mol. The molecule has 30 heavy (non-hydrogen) atoms. The largest absolute Gasteiger partial charge is 0.497 e. The van der Waals surface area contributed by atoms with Crippen molar-refractivity contribution in [2.24, 2.45) is 0 Å². The van der Waals surface area contributed by atoms with Gasteiger partial charge in [0.05, 0.1) is 25.0 Å². The third-order valence-corrected chi connectivity index (χ3v) is 5.71. The number of nitrogens with one attached hydrogen (secondary N) is 1. The van der Waals surface area contributed by atoms with Gasteiger partial charge in [-0.15, -0.1) is 0 Å². The van der Waals surface area contributed by atoms with Crippen LogP contribution in [-0.2, 0) is 0 Å². The molecule has 0 amide bonds. The first kappa shape index (κ1) is 20.6. The average molecular weight is 408 g/mol. The zero-order valence-electron chi connectivity index (χ0n) is 17.3. The molecule has 1 aliphatic rings. The number of nitrogens with zero attached hydrogens (tertiary/aromatic N) is 2. The van der Waals surface area contributed by atoms with Crippen molar-refractivity contribution in [1.29, 1.82) is 0 Å². The van der Waals surface area contributed by atoms with E-state index in [0.717, 1.165) is 60.5 Å². The molecule has 1 aliphatic heterocycles. The van der Waals surface area contributed by atoms with Crippen LogP contribution in [0.2, 0.25) is 0 Å². The summed E-state index contributed by atoms with van der Waals surface area (Å²) in [5.41, 5.74) is 1.78. The summed E-state index contributed by atoms with van der Waals surface area (Å²) < 4.78 is 10.6. The summed E-state index contributed by atoms with van der Waals surface area (Å²) in [4.78, 5) is 6.75. The van der Waals surface area contributed by atoms with Crippen LogP contribution >= 0.6 is 0 Å². The SMILES string of the molecule is COc1ccc2nccc([C@@H](O)CN3CCC(NCC=Cc4ccco4)CC3)c2c1. The van der Waals surface area contributed by atoms with Gasteiger partial charge in [0, 0.05) is 30.7 Å². The first-order chi connectivity index (χ1) is 14.7. The van der Waals surface area contributed by atoms with E-state index in [2.05, 4.69) is 21.3 Å². The van der Waals surface area contributed by atoms with Crippen molar-refractivity contribution in [3.8, 4) is 5.75 Å². The van der Waals surface area contributed by atoms with Crippen LogP contribution in [0.5, 0.6) is 5.75 Å². The number of aliphatic hydroxyl groups is 1. The highest BCUT2D eigenvalue weighted by molar-refractivity contribution is 5.83. The number of β-amino-alcohol motifs (C(OH)–C–C–N with tert-alkyl or cyclic N) is 1. The highest BCUT2D eigenvalue weighted by Gasteiger charge is 2.22. The molecule has 1 saturated heterocycles. The van der Waals surface area contributed by atoms with Crippen LogP contribution in [0.4, 0.5) is 0 Å². The van der Waals surface area contributed by atoms with Crippen LogP contribution in [0.25, 0.3) is 17.0 Å². The Morgan fingerprint density at radius 3 is 2.93 bits per heavy atom. The van der Waals surface area contributed by atoms with E-state index in [9.17, 15) is 5.11 Å². The Morgan fingerprint density at radius 2 is 2.17 bits per heavy atom. The van der Waals surface area contributed by atoms with Crippen LogP contribution in [0.3, 0.4) is 0 Å². The van der Waals surface area contributed by atoms with Gasteiger partial charge in [-0.2, -0.15) is 0 Å². The van der Waals surface area contributed by atoms with Crippen molar-refractivity contribution < 1.29 is 14.3 Å². The number of aliphatic hydroxyl groups excluding tert-OH is 1. The molecule has 1 atom stereocenters. The highest BCUT2D eigenvalue weighted by atomic mass is 16.5. The second kappa shape index (κ2) is 9.89. The first-order valence-electron chi connectivity index (χ1n) is 10.5. The zero-order chi connectivity index (χ0) is 20.8. The van der Waals surface area contributed by atoms with Gasteiger partial charge in [0.2, 0.25) is 0 Å². The van der Waals surface area contributed by atoms with Gasteiger partial charge in [-0.25, -0.2) is 0 Å². The van der Waals surface area contributed by atoms with Crippen LogP contribution in [0.1, 0.15) is 30.3 Å². The zero-order valence-corrected chi connectivity index (χ0v) is 17.3. The maximum Gasteiger partial charge on any atom is 0.126 e. The van der Waals surface area contributed by atoms with Crippen molar-refractivity contribution in [3.05, 3.63) is 66.3 Å². The molecule has 2 N–H and O–H groups in total. The molecule has 1 fully saturated rings. The summed E-state index contributed by atoms with van der Waals surface area (Å²) in [6.45, 7) is 3.41. The van der Waals surface area contributed by atoms with E-state index in [-0.39, 0.29) is 0 Å². The van der Waals surface area contributed by atoms with Gasteiger partial charge < -0.3 is 24.5 Å². The highest BCUT2D eigenvalue weighted by Crippen LogP contribution is 2.27. The van der Waals surface area contributed by atoms with Gasteiger partial charge in [-0.05, 0) is 74.0 Å². The number of furan rings is 1. The summed E-state index contributed by atoms with van der Waals surface area (Å²) in [6.07, 6.45) is 9.13. The van der Waals surface area contributed by atoms with Crippen LogP contribution in [0.15, 0.2) is 59.4 Å². The van der Waals surface area contributed by atoms with Gasteiger partial charge in [-0.1, -0.05) is 6.08 Å². The molecule has 0 spiro atoms. The van der Waals surface area contributed by atoms with Gasteiger partial charge >= 0.3 is 0 Å². The summed E-state index contributed by atoms with van der Waals surface area (Å²) in [7, 11) is 1.65. The Labute approximate surface area is 177 Å². The number of rotatable bonds is 8. The van der Waals surface area contributed by atoms with Gasteiger partial charge in [-0.3, -0.25) is 4.98 Å². The second-order valence-electron chi connectivity index (χ2n) is 7.70. The second-order valence-corrected chi connectivity index (χ2v) is 7.70. The number of fused-ring (bicyclic) bond motifs is 1. The molecule has 0 unspecified atom stereocenters. The molecular weight excluding hydrogens is 378 g/mol. The number of aromatic nitrogens is 1. The van der Waals surface area contributed by atoms with E-state index >= 15 is 0 Å². The Kier molecular flexibility index (Phi) is 6.79. The Bertz CT molecular complexity index is 963. The Morgan fingerprint density at radius 1 is 1.30 bits per heavy atom. The van der Waals surface area contributed by atoms with Crippen LogP contribution in [-0.4, -0.2) is 54.3 Å². The number of likely N-dealkylation sites (tertiary alicyclic amines) is 1. The topological polar surface area (TPSA) is 70.8 Å². The van der Waals surface area contributed by atoms with Crippen molar-refractivity contribution >= 4 is 17.0 Å². The third kappa shape index (κ3) is 5.08. The minimum Gasteiger partial charge on any atom is -0.497 e. The maximum atomic E-state index is 10.9. The number of methoxy groups -OCH3 is 1. The first-order valence-corrected chi connectivity index (χ1v) is 10.5. The quantitative estimate of drug-likeness (QED) is 0.594. The number of hydrogen-bond acceptors (Lipinski definition) is 6. The fourth-order valence-electron chi connectivity index (χ4n) is 4.02. The molecule has 4 rings (SSSR count). The predicted octanol–water partition coefficient (Wildman–Crippen LogP) is 3.64. The molecule has 6 nitrogen and oxygen atoms in total. The fraction of sp³-hybridized carbons (Fsp3) is 0.375. The van der Waals surface area contributed by atoms with Crippen molar-refractivity contribution in [1.82, 2.24) is 15.2 Å². The number of benzene rings is 1. The van der Waals surface area contributed by atoms with Gasteiger partial charge in [0.25, 0.3) is 0 Å². The van der Waals surface area contributed by atoms with Crippen LogP contribution in [0, 0.1) is 0 Å². The van der Waals surface area contributed by atoms with Gasteiger partial charge in [0.15, 0.2) is 0 Å². The lowest BCUT2D eigenvalue weighted by atomic mass is 10.0. The Hall–Kier alpha value is -2.67. The summed E-state index contributed by atoms with van der Waals surface area (Å²) >= 11 is 0. The molecule has 158 valence electrons. The normalized spacial score (nSPS) is 17.0.